The Hall–Kier alpha value is -1.96. The SMILES string of the molecule is CCNC(=O)CCC/C=C\C[C@@H]1[C@@H](/C=C/[C@H](Cc2ccccc2)OC(=O)CCCCCBr)[C@H](O)C[C@@H]1O. The Morgan fingerprint density at radius 1 is 1.08 bits per heavy atom. The van der Waals surface area contributed by atoms with Crippen LogP contribution in [0.15, 0.2) is 54.6 Å². The molecule has 206 valence electrons. The highest BCUT2D eigenvalue weighted by Crippen LogP contribution is 2.36. The fraction of sp³-hybridized carbons (Fsp3) is 0.600. The molecule has 1 aliphatic carbocycles. The number of unbranched alkanes of at least 4 members (excludes halogenated alkanes) is 3. The predicted molar refractivity (Wildman–Crippen MR) is 151 cm³/mol. The first-order valence-electron chi connectivity index (χ1n) is 13.7. The van der Waals surface area contributed by atoms with Crippen LogP contribution < -0.4 is 5.32 Å². The molecule has 1 aromatic rings. The number of esters is 1. The van der Waals surface area contributed by atoms with E-state index in [2.05, 4.69) is 21.2 Å². The van der Waals surface area contributed by atoms with Crippen molar-refractivity contribution in [3.8, 4) is 0 Å². The van der Waals surface area contributed by atoms with Crippen LogP contribution in [-0.2, 0) is 20.7 Å². The smallest absolute Gasteiger partial charge is 0.306 e. The zero-order valence-corrected chi connectivity index (χ0v) is 23.7. The topological polar surface area (TPSA) is 95.9 Å². The molecular formula is C30H44BrNO5. The number of halogens is 1. The molecule has 6 nitrogen and oxygen atoms in total. The van der Waals surface area contributed by atoms with Crippen LogP contribution in [0.1, 0.15) is 70.3 Å². The molecule has 1 amide bonds. The average Bonchev–Trinajstić information content (AvgIpc) is 3.15. The molecule has 5 atom stereocenters. The molecular weight excluding hydrogens is 534 g/mol. The van der Waals surface area contributed by atoms with Crippen molar-refractivity contribution in [3.63, 3.8) is 0 Å². The van der Waals surface area contributed by atoms with Crippen molar-refractivity contribution in [1.82, 2.24) is 5.32 Å². The molecule has 0 aromatic heterocycles. The lowest BCUT2D eigenvalue weighted by Crippen LogP contribution is -2.22. The van der Waals surface area contributed by atoms with Crippen molar-refractivity contribution in [2.75, 3.05) is 11.9 Å². The number of carbonyl (C=O) groups is 2. The first-order chi connectivity index (χ1) is 17.9. The van der Waals surface area contributed by atoms with E-state index in [0.29, 0.717) is 38.6 Å². The van der Waals surface area contributed by atoms with Gasteiger partial charge in [0, 0.05) is 43.5 Å². The van der Waals surface area contributed by atoms with Gasteiger partial charge in [-0.3, -0.25) is 9.59 Å². The number of ether oxygens (including phenoxy) is 1. The van der Waals surface area contributed by atoms with Gasteiger partial charge in [-0.05, 0) is 56.6 Å². The van der Waals surface area contributed by atoms with Crippen molar-refractivity contribution in [2.24, 2.45) is 11.8 Å². The van der Waals surface area contributed by atoms with Gasteiger partial charge in [0.2, 0.25) is 5.91 Å². The Bertz CT molecular complexity index is 844. The summed E-state index contributed by atoms with van der Waals surface area (Å²) in [6.07, 6.45) is 13.1. The number of aliphatic hydroxyl groups excluding tert-OH is 2. The number of aliphatic hydroxyl groups is 2. The Morgan fingerprint density at radius 3 is 2.59 bits per heavy atom. The number of rotatable bonds is 17. The normalized spacial score (nSPS) is 22.5. The third kappa shape index (κ3) is 12.4. The Kier molecular flexibility index (Phi) is 15.5. The van der Waals surface area contributed by atoms with E-state index < -0.39 is 18.3 Å². The van der Waals surface area contributed by atoms with Gasteiger partial charge in [-0.2, -0.15) is 0 Å². The molecule has 0 saturated heterocycles. The van der Waals surface area contributed by atoms with Crippen LogP contribution in [-0.4, -0.2) is 52.3 Å². The molecule has 3 N–H and O–H groups in total. The fourth-order valence-corrected chi connectivity index (χ4v) is 5.16. The summed E-state index contributed by atoms with van der Waals surface area (Å²) in [5, 5.41) is 25.0. The third-order valence-electron chi connectivity index (χ3n) is 6.76. The minimum Gasteiger partial charge on any atom is -0.458 e. The van der Waals surface area contributed by atoms with Crippen molar-refractivity contribution >= 4 is 27.8 Å². The average molecular weight is 579 g/mol. The third-order valence-corrected chi connectivity index (χ3v) is 7.33. The predicted octanol–water partition coefficient (Wildman–Crippen LogP) is 5.26. The van der Waals surface area contributed by atoms with Gasteiger partial charge in [0.05, 0.1) is 12.2 Å². The molecule has 0 radical (unpaired) electrons. The molecule has 1 saturated carbocycles. The zero-order chi connectivity index (χ0) is 26.9. The second kappa shape index (κ2) is 18.3. The van der Waals surface area contributed by atoms with Gasteiger partial charge in [-0.15, -0.1) is 0 Å². The highest BCUT2D eigenvalue weighted by Gasteiger charge is 2.39. The van der Waals surface area contributed by atoms with E-state index in [1.54, 1.807) is 0 Å². The second-order valence-electron chi connectivity index (χ2n) is 9.77. The number of carbonyl (C=O) groups excluding carboxylic acids is 2. The maximum Gasteiger partial charge on any atom is 0.306 e. The molecule has 7 heteroatoms. The Labute approximate surface area is 230 Å². The summed E-state index contributed by atoms with van der Waals surface area (Å²) in [5.74, 6) is -0.464. The summed E-state index contributed by atoms with van der Waals surface area (Å²) < 4.78 is 5.83. The van der Waals surface area contributed by atoms with Gasteiger partial charge in [0.25, 0.3) is 0 Å². The van der Waals surface area contributed by atoms with E-state index in [-0.39, 0.29) is 23.7 Å². The summed E-state index contributed by atoms with van der Waals surface area (Å²) in [7, 11) is 0. The van der Waals surface area contributed by atoms with Crippen LogP contribution in [0.4, 0.5) is 0 Å². The number of benzene rings is 1. The number of alkyl halides is 1. The number of allylic oxidation sites excluding steroid dienone is 2. The quantitative estimate of drug-likeness (QED) is 0.101. The summed E-state index contributed by atoms with van der Waals surface area (Å²) >= 11 is 3.42. The van der Waals surface area contributed by atoms with Crippen LogP contribution >= 0.6 is 15.9 Å². The van der Waals surface area contributed by atoms with Crippen molar-refractivity contribution < 1.29 is 24.5 Å². The van der Waals surface area contributed by atoms with Crippen LogP contribution in [0.2, 0.25) is 0 Å². The second-order valence-corrected chi connectivity index (χ2v) is 10.6. The fourth-order valence-electron chi connectivity index (χ4n) is 4.76. The first kappa shape index (κ1) is 31.3. The summed E-state index contributed by atoms with van der Waals surface area (Å²) in [6, 6.07) is 9.91. The lowest BCUT2D eigenvalue weighted by Gasteiger charge is -2.21. The largest absolute Gasteiger partial charge is 0.458 e. The molecule has 2 rings (SSSR count). The van der Waals surface area contributed by atoms with Crippen molar-refractivity contribution in [3.05, 3.63) is 60.2 Å². The molecule has 0 heterocycles. The summed E-state index contributed by atoms with van der Waals surface area (Å²) in [6.45, 7) is 2.55. The van der Waals surface area contributed by atoms with Gasteiger partial charge in [0.1, 0.15) is 6.10 Å². The van der Waals surface area contributed by atoms with Crippen LogP contribution in [0, 0.1) is 11.8 Å². The number of amides is 1. The van der Waals surface area contributed by atoms with Gasteiger partial charge < -0.3 is 20.3 Å². The summed E-state index contributed by atoms with van der Waals surface area (Å²) in [4.78, 5) is 24.1. The first-order valence-corrected chi connectivity index (χ1v) is 14.8. The monoisotopic (exact) mass is 577 g/mol. The van der Waals surface area contributed by atoms with Crippen LogP contribution in [0.3, 0.4) is 0 Å². The molecule has 1 fully saturated rings. The van der Waals surface area contributed by atoms with Gasteiger partial charge >= 0.3 is 5.97 Å². The highest BCUT2D eigenvalue weighted by atomic mass is 79.9. The van der Waals surface area contributed by atoms with E-state index in [1.807, 2.05) is 61.6 Å². The van der Waals surface area contributed by atoms with Crippen molar-refractivity contribution in [2.45, 2.75) is 89.4 Å². The van der Waals surface area contributed by atoms with E-state index in [1.165, 1.54) is 0 Å². The lowest BCUT2D eigenvalue weighted by molar-refractivity contribution is -0.147. The minimum atomic E-state index is -0.639. The molecule has 0 aliphatic heterocycles. The lowest BCUT2D eigenvalue weighted by atomic mass is 9.89. The van der Waals surface area contributed by atoms with Gasteiger partial charge in [-0.1, -0.05) is 70.9 Å². The number of hydrogen-bond acceptors (Lipinski definition) is 5. The van der Waals surface area contributed by atoms with E-state index in [9.17, 15) is 19.8 Å². The highest BCUT2D eigenvalue weighted by molar-refractivity contribution is 9.09. The van der Waals surface area contributed by atoms with Crippen LogP contribution in [0.5, 0.6) is 0 Å². The maximum absolute atomic E-state index is 12.5. The number of hydrogen-bond donors (Lipinski definition) is 3. The molecule has 0 unspecified atom stereocenters. The van der Waals surface area contributed by atoms with Gasteiger partial charge in [-0.25, -0.2) is 0 Å². The van der Waals surface area contributed by atoms with Gasteiger partial charge in [0.15, 0.2) is 0 Å². The zero-order valence-electron chi connectivity index (χ0n) is 22.1. The molecule has 1 aliphatic rings. The van der Waals surface area contributed by atoms with Crippen LogP contribution in [0.25, 0.3) is 0 Å². The van der Waals surface area contributed by atoms with E-state index >= 15 is 0 Å². The molecule has 0 spiro atoms. The number of nitrogens with one attached hydrogen (secondary N) is 1. The van der Waals surface area contributed by atoms with E-state index in [0.717, 1.165) is 43.0 Å². The molecule has 37 heavy (non-hydrogen) atoms. The Morgan fingerprint density at radius 2 is 1.86 bits per heavy atom. The Balaban J connectivity index is 1.97. The molecule has 0 bridgehead atoms. The molecule has 1 aromatic carbocycles. The van der Waals surface area contributed by atoms with E-state index in [4.69, 9.17) is 4.74 Å². The van der Waals surface area contributed by atoms with Crippen molar-refractivity contribution in [1.29, 1.82) is 0 Å². The summed E-state index contributed by atoms with van der Waals surface area (Å²) in [5.41, 5.74) is 1.07. The maximum atomic E-state index is 12.5. The minimum absolute atomic E-state index is 0.0696. The standard InChI is InChI=1S/C30H44BrNO5/c1-2-32-29(35)16-10-4-3-9-15-25-26(28(34)22-27(25)33)19-18-24(21-23-13-7-5-8-14-23)37-30(36)17-11-6-12-20-31/h3,5,7-9,13-14,18-19,24-28,33-34H,2,4,6,10-12,15-17,20-22H2,1H3,(H,32,35)/b9-3-,19-18+/t24-,25-,26-,27+,28-/m1/s1.